The Kier molecular flexibility index (Phi) is 4.16. The van der Waals surface area contributed by atoms with E-state index in [0.29, 0.717) is 10.7 Å². The van der Waals surface area contributed by atoms with Crippen molar-refractivity contribution in [3.05, 3.63) is 23.2 Å². The predicted octanol–water partition coefficient (Wildman–Crippen LogP) is 3.94. The maximum Gasteiger partial charge on any atom is 0.0656 e. The van der Waals surface area contributed by atoms with Crippen LogP contribution < -0.4 is 10.6 Å². The summed E-state index contributed by atoms with van der Waals surface area (Å²) in [4.78, 5) is 2.41. The van der Waals surface area contributed by atoms with Gasteiger partial charge in [-0.3, -0.25) is 0 Å². The molecule has 0 radical (unpaired) electrons. The minimum absolute atomic E-state index is 0.663. The van der Waals surface area contributed by atoms with Gasteiger partial charge in [-0.15, -0.1) is 0 Å². The highest BCUT2D eigenvalue weighted by molar-refractivity contribution is 6.33. The fourth-order valence-electron chi connectivity index (χ4n) is 2.60. The Morgan fingerprint density at radius 1 is 1.35 bits per heavy atom. The van der Waals surface area contributed by atoms with Gasteiger partial charge in [0.05, 0.1) is 10.7 Å². The summed E-state index contributed by atoms with van der Waals surface area (Å²) in [5, 5.41) is 0.665. The maximum absolute atomic E-state index is 6.06. The van der Waals surface area contributed by atoms with Gasteiger partial charge in [0, 0.05) is 18.8 Å². The van der Waals surface area contributed by atoms with Crippen molar-refractivity contribution in [1.29, 1.82) is 0 Å². The fraction of sp³-hybridized carbons (Fsp3) is 0.571. The molecule has 1 aliphatic rings. The van der Waals surface area contributed by atoms with E-state index in [2.05, 4.69) is 17.9 Å². The molecule has 2 rings (SSSR count). The summed E-state index contributed by atoms with van der Waals surface area (Å²) < 4.78 is 0. The molecule has 0 atom stereocenters. The van der Waals surface area contributed by atoms with Gasteiger partial charge in [-0.2, -0.15) is 0 Å². The van der Waals surface area contributed by atoms with E-state index in [-0.39, 0.29) is 0 Å². The SMILES string of the molecule is CCCC1CCN(c2ccc(N)c(Cl)c2)CC1. The average molecular weight is 253 g/mol. The molecule has 1 aromatic carbocycles. The molecule has 1 heterocycles. The van der Waals surface area contributed by atoms with Gasteiger partial charge in [-0.1, -0.05) is 31.4 Å². The predicted molar refractivity (Wildman–Crippen MR) is 75.7 cm³/mol. The molecule has 1 aliphatic heterocycles. The molecule has 1 fully saturated rings. The zero-order chi connectivity index (χ0) is 12.3. The summed E-state index contributed by atoms with van der Waals surface area (Å²) >= 11 is 6.06. The maximum atomic E-state index is 6.06. The number of piperidine rings is 1. The molecule has 0 bridgehead atoms. The zero-order valence-electron chi connectivity index (χ0n) is 10.5. The summed E-state index contributed by atoms with van der Waals surface area (Å²) in [6, 6.07) is 5.95. The van der Waals surface area contributed by atoms with Crippen molar-refractivity contribution in [3.8, 4) is 0 Å². The molecule has 2 N–H and O–H groups in total. The second-order valence-electron chi connectivity index (χ2n) is 4.92. The van der Waals surface area contributed by atoms with Crippen molar-refractivity contribution in [3.63, 3.8) is 0 Å². The lowest BCUT2D eigenvalue weighted by Crippen LogP contribution is -2.33. The van der Waals surface area contributed by atoms with Crippen LogP contribution in [0.3, 0.4) is 0 Å². The topological polar surface area (TPSA) is 29.3 Å². The monoisotopic (exact) mass is 252 g/mol. The Morgan fingerprint density at radius 2 is 2.06 bits per heavy atom. The lowest BCUT2D eigenvalue weighted by Gasteiger charge is -2.33. The number of rotatable bonds is 3. The number of benzene rings is 1. The Labute approximate surface area is 109 Å². The van der Waals surface area contributed by atoms with Crippen LogP contribution in [0.1, 0.15) is 32.6 Å². The second kappa shape index (κ2) is 5.63. The third-order valence-corrected chi connectivity index (χ3v) is 3.99. The number of halogens is 1. The Balaban J connectivity index is 1.98. The van der Waals surface area contributed by atoms with Crippen molar-refractivity contribution >= 4 is 23.0 Å². The van der Waals surface area contributed by atoms with Crippen LogP contribution in [0.2, 0.25) is 5.02 Å². The summed E-state index contributed by atoms with van der Waals surface area (Å²) in [5.74, 6) is 0.917. The van der Waals surface area contributed by atoms with E-state index in [9.17, 15) is 0 Å². The molecule has 0 unspecified atom stereocenters. The lowest BCUT2D eigenvalue weighted by atomic mass is 9.92. The standard InChI is InChI=1S/C14H21ClN2/c1-2-3-11-6-8-17(9-7-11)12-4-5-14(16)13(15)10-12/h4-5,10-11H,2-3,6-9,16H2,1H3. The van der Waals surface area contributed by atoms with E-state index in [1.165, 1.54) is 31.4 Å². The Morgan fingerprint density at radius 3 is 2.65 bits per heavy atom. The average Bonchev–Trinajstić information content (AvgIpc) is 2.34. The van der Waals surface area contributed by atoms with Crippen LogP contribution in [0.4, 0.5) is 11.4 Å². The molecule has 0 saturated carbocycles. The van der Waals surface area contributed by atoms with Gasteiger partial charge in [0.2, 0.25) is 0 Å². The molecule has 0 spiro atoms. The fourth-order valence-corrected chi connectivity index (χ4v) is 2.78. The van der Waals surface area contributed by atoms with E-state index < -0.39 is 0 Å². The molecule has 0 aliphatic carbocycles. The molecule has 2 nitrogen and oxygen atoms in total. The second-order valence-corrected chi connectivity index (χ2v) is 5.33. The molecule has 17 heavy (non-hydrogen) atoms. The van der Waals surface area contributed by atoms with Crippen molar-refractivity contribution in [2.75, 3.05) is 23.7 Å². The van der Waals surface area contributed by atoms with E-state index in [1.807, 2.05) is 12.1 Å². The third kappa shape index (κ3) is 3.06. The number of hydrogen-bond donors (Lipinski definition) is 1. The molecular weight excluding hydrogens is 232 g/mol. The van der Waals surface area contributed by atoms with Crippen LogP contribution >= 0.6 is 11.6 Å². The lowest BCUT2D eigenvalue weighted by molar-refractivity contribution is 0.378. The Bertz CT molecular complexity index is 370. The number of anilines is 2. The van der Waals surface area contributed by atoms with Crippen molar-refractivity contribution in [2.24, 2.45) is 5.92 Å². The number of hydrogen-bond acceptors (Lipinski definition) is 2. The highest BCUT2D eigenvalue weighted by Gasteiger charge is 2.18. The molecule has 1 aromatic rings. The van der Waals surface area contributed by atoms with Crippen LogP contribution in [0.15, 0.2) is 18.2 Å². The van der Waals surface area contributed by atoms with E-state index in [4.69, 9.17) is 17.3 Å². The van der Waals surface area contributed by atoms with Crippen LogP contribution in [0, 0.1) is 5.92 Å². The first-order chi connectivity index (χ1) is 8.20. The Hall–Kier alpha value is -0.890. The first-order valence-electron chi connectivity index (χ1n) is 6.50. The van der Waals surface area contributed by atoms with Crippen LogP contribution in [-0.4, -0.2) is 13.1 Å². The molecule has 94 valence electrons. The summed E-state index contributed by atoms with van der Waals surface area (Å²) in [5.41, 5.74) is 7.60. The first-order valence-corrected chi connectivity index (χ1v) is 6.88. The first kappa shape index (κ1) is 12.6. The molecule has 0 amide bonds. The summed E-state index contributed by atoms with van der Waals surface area (Å²) in [6.45, 7) is 4.56. The molecule has 0 aromatic heterocycles. The van der Waals surface area contributed by atoms with Gasteiger partial charge < -0.3 is 10.6 Å². The summed E-state index contributed by atoms with van der Waals surface area (Å²) in [6.07, 6.45) is 5.28. The van der Waals surface area contributed by atoms with E-state index in [0.717, 1.165) is 19.0 Å². The highest BCUT2D eigenvalue weighted by Crippen LogP contribution is 2.29. The molecule has 3 heteroatoms. The minimum atomic E-state index is 0.663. The minimum Gasteiger partial charge on any atom is -0.398 e. The van der Waals surface area contributed by atoms with Gasteiger partial charge in [0.25, 0.3) is 0 Å². The normalized spacial score (nSPS) is 17.4. The summed E-state index contributed by atoms with van der Waals surface area (Å²) in [7, 11) is 0. The number of nitrogens with zero attached hydrogens (tertiary/aromatic N) is 1. The van der Waals surface area contributed by atoms with Gasteiger partial charge >= 0.3 is 0 Å². The van der Waals surface area contributed by atoms with E-state index >= 15 is 0 Å². The molecular formula is C14H21ClN2. The van der Waals surface area contributed by atoms with Crippen molar-refractivity contribution in [1.82, 2.24) is 0 Å². The van der Waals surface area contributed by atoms with E-state index in [1.54, 1.807) is 0 Å². The number of nitrogen functional groups attached to an aromatic ring is 1. The van der Waals surface area contributed by atoms with Gasteiger partial charge in [-0.25, -0.2) is 0 Å². The van der Waals surface area contributed by atoms with Gasteiger partial charge in [0.15, 0.2) is 0 Å². The smallest absolute Gasteiger partial charge is 0.0656 e. The van der Waals surface area contributed by atoms with Crippen molar-refractivity contribution < 1.29 is 0 Å². The van der Waals surface area contributed by atoms with Crippen LogP contribution in [0.5, 0.6) is 0 Å². The van der Waals surface area contributed by atoms with Crippen LogP contribution in [0.25, 0.3) is 0 Å². The number of nitrogens with two attached hydrogens (primary N) is 1. The highest BCUT2D eigenvalue weighted by atomic mass is 35.5. The van der Waals surface area contributed by atoms with Gasteiger partial charge in [-0.05, 0) is 37.0 Å². The van der Waals surface area contributed by atoms with Crippen molar-refractivity contribution in [2.45, 2.75) is 32.6 Å². The van der Waals surface area contributed by atoms with Gasteiger partial charge in [0.1, 0.15) is 0 Å². The quantitative estimate of drug-likeness (QED) is 0.826. The third-order valence-electron chi connectivity index (χ3n) is 3.66. The van der Waals surface area contributed by atoms with Crippen LogP contribution in [-0.2, 0) is 0 Å². The molecule has 1 saturated heterocycles. The largest absolute Gasteiger partial charge is 0.398 e. The zero-order valence-corrected chi connectivity index (χ0v) is 11.2.